The lowest BCUT2D eigenvalue weighted by Crippen LogP contribution is -2.13. The number of rotatable bonds is 6. The number of carbonyl (C=O) groups is 1. The van der Waals surface area contributed by atoms with Crippen molar-refractivity contribution >= 4 is 17.3 Å². The van der Waals surface area contributed by atoms with Gasteiger partial charge in [-0.3, -0.25) is 14.9 Å². The fraction of sp³-hybridized carbons (Fsp3) is 0.278. The fourth-order valence-electron chi connectivity index (χ4n) is 2.39. The van der Waals surface area contributed by atoms with Crippen LogP contribution in [0.3, 0.4) is 0 Å². The number of nitrogens with one attached hydrogen (secondary N) is 1. The number of anilines is 1. The molecular formula is C18H20N2O4. The van der Waals surface area contributed by atoms with E-state index in [2.05, 4.69) is 12.2 Å². The van der Waals surface area contributed by atoms with Crippen LogP contribution in [0.15, 0.2) is 36.4 Å². The molecule has 2 aromatic rings. The van der Waals surface area contributed by atoms with E-state index in [9.17, 15) is 20.0 Å². The number of nitrogens with zero attached hydrogens (tertiary/aromatic N) is 1. The Labute approximate surface area is 140 Å². The van der Waals surface area contributed by atoms with Gasteiger partial charge in [0.05, 0.1) is 10.5 Å². The van der Waals surface area contributed by atoms with Gasteiger partial charge in [0.1, 0.15) is 5.75 Å². The number of phenols is 1. The Bertz CT molecular complexity index is 772. The van der Waals surface area contributed by atoms with E-state index >= 15 is 0 Å². The number of hydrogen-bond acceptors (Lipinski definition) is 4. The van der Waals surface area contributed by atoms with Crippen LogP contribution in [0.4, 0.5) is 11.4 Å². The van der Waals surface area contributed by atoms with Crippen molar-refractivity contribution in [2.45, 2.75) is 33.1 Å². The van der Waals surface area contributed by atoms with E-state index in [-0.39, 0.29) is 17.0 Å². The maximum atomic E-state index is 12.4. The van der Waals surface area contributed by atoms with Gasteiger partial charge in [-0.1, -0.05) is 19.4 Å². The molecule has 126 valence electrons. The van der Waals surface area contributed by atoms with Gasteiger partial charge in [0.15, 0.2) is 0 Å². The monoisotopic (exact) mass is 328 g/mol. The lowest BCUT2D eigenvalue weighted by atomic mass is 10.0. The van der Waals surface area contributed by atoms with Gasteiger partial charge in [-0.2, -0.15) is 0 Å². The van der Waals surface area contributed by atoms with Crippen molar-refractivity contribution in [2.24, 2.45) is 0 Å². The molecule has 0 saturated heterocycles. The zero-order chi connectivity index (χ0) is 17.7. The molecule has 1 amide bonds. The van der Waals surface area contributed by atoms with Gasteiger partial charge in [0.2, 0.25) is 0 Å². The van der Waals surface area contributed by atoms with Gasteiger partial charge in [-0.15, -0.1) is 0 Å². The number of unbranched alkanes of at least 4 members (excludes halogenated alkanes) is 1. The smallest absolute Gasteiger partial charge is 0.269 e. The van der Waals surface area contributed by atoms with Gasteiger partial charge in [0.25, 0.3) is 11.6 Å². The van der Waals surface area contributed by atoms with Gasteiger partial charge in [-0.25, -0.2) is 0 Å². The predicted octanol–water partition coefficient (Wildman–Crippen LogP) is 4.20. The second kappa shape index (κ2) is 7.59. The van der Waals surface area contributed by atoms with Gasteiger partial charge < -0.3 is 10.4 Å². The van der Waals surface area contributed by atoms with Crippen molar-refractivity contribution in [3.63, 3.8) is 0 Å². The second-order valence-electron chi connectivity index (χ2n) is 5.67. The summed E-state index contributed by atoms with van der Waals surface area (Å²) in [6.45, 7) is 3.77. The van der Waals surface area contributed by atoms with Gasteiger partial charge in [-0.05, 0) is 49.1 Å². The van der Waals surface area contributed by atoms with Crippen molar-refractivity contribution in [2.75, 3.05) is 5.32 Å². The van der Waals surface area contributed by atoms with E-state index < -0.39 is 10.8 Å². The van der Waals surface area contributed by atoms with Crippen LogP contribution in [-0.4, -0.2) is 15.9 Å². The van der Waals surface area contributed by atoms with Crippen LogP contribution in [0.2, 0.25) is 0 Å². The van der Waals surface area contributed by atoms with Crippen LogP contribution in [0.1, 0.15) is 41.3 Å². The van der Waals surface area contributed by atoms with E-state index in [1.165, 1.54) is 24.3 Å². The maximum absolute atomic E-state index is 12.4. The third-order valence-electron chi connectivity index (χ3n) is 3.79. The molecule has 24 heavy (non-hydrogen) atoms. The lowest BCUT2D eigenvalue weighted by molar-refractivity contribution is -0.384. The Hall–Kier alpha value is -2.89. The van der Waals surface area contributed by atoms with E-state index in [1.807, 2.05) is 0 Å². The average Bonchev–Trinajstić information content (AvgIpc) is 2.55. The highest BCUT2D eigenvalue weighted by Gasteiger charge is 2.15. The number of hydrogen-bond donors (Lipinski definition) is 2. The zero-order valence-corrected chi connectivity index (χ0v) is 13.7. The van der Waals surface area contributed by atoms with Crippen LogP contribution in [0, 0.1) is 17.0 Å². The molecule has 2 rings (SSSR count). The molecule has 6 heteroatoms. The van der Waals surface area contributed by atoms with E-state index in [4.69, 9.17) is 0 Å². The Morgan fingerprint density at radius 3 is 2.62 bits per heavy atom. The SMILES string of the molecule is CCCCc1ccc(O)c(C(=O)Nc2ccc([N+](=O)[O-])cc2C)c1. The largest absolute Gasteiger partial charge is 0.507 e. The van der Waals surface area contributed by atoms with Gasteiger partial charge >= 0.3 is 0 Å². The van der Waals surface area contributed by atoms with Crippen LogP contribution in [0.25, 0.3) is 0 Å². The Balaban J connectivity index is 2.22. The molecule has 0 aliphatic carbocycles. The molecule has 0 spiro atoms. The summed E-state index contributed by atoms with van der Waals surface area (Å²) in [5, 5.41) is 23.4. The summed E-state index contributed by atoms with van der Waals surface area (Å²) in [5.74, 6) is -0.532. The number of carbonyl (C=O) groups excluding carboxylic acids is 1. The van der Waals surface area contributed by atoms with Gasteiger partial charge in [0, 0.05) is 17.8 Å². The third-order valence-corrected chi connectivity index (χ3v) is 3.79. The normalized spacial score (nSPS) is 10.4. The molecular weight excluding hydrogens is 308 g/mol. The zero-order valence-electron chi connectivity index (χ0n) is 13.7. The molecule has 0 aliphatic rings. The van der Waals surface area contributed by atoms with Crippen molar-refractivity contribution in [1.82, 2.24) is 0 Å². The molecule has 0 saturated carbocycles. The number of aromatic hydroxyl groups is 1. The van der Waals surface area contributed by atoms with Crippen LogP contribution < -0.4 is 5.32 Å². The number of benzene rings is 2. The standard InChI is InChI=1S/C18H20N2O4/c1-3-4-5-13-6-9-17(21)15(11-13)18(22)19-16-8-7-14(20(23)24)10-12(16)2/h6-11,21H,3-5H2,1-2H3,(H,19,22). The maximum Gasteiger partial charge on any atom is 0.269 e. The molecule has 0 radical (unpaired) electrons. The van der Waals surface area contributed by atoms with Crippen LogP contribution in [0.5, 0.6) is 5.75 Å². The summed E-state index contributed by atoms with van der Waals surface area (Å²) in [7, 11) is 0. The van der Waals surface area contributed by atoms with Crippen molar-refractivity contribution in [3.8, 4) is 5.75 Å². The molecule has 0 atom stereocenters. The Kier molecular flexibility index (Phi) is 5.52. The van der Waals surface area contributed by atoms with Crippen molar-refractivity contribution in [3.05, 3.63) is 63.2 Å². The minimum Gasteiger partial charge on any atom is -0.507 e. The molecule has 0 fully saturated rings. The first-order chi connectivity index (χ1) is 11.4. The van der Waals surface area contributed by atoms with Crippen molar-refractivity contribution in [1.29, 1.82) is 0 Å². The molecule has 0 aliphatic heterocycles. The fourth-order valence-corrected chi connectivity index (χ4v) is 2.39. The number of amides is 1. The van der Waals surface area contributed by atoms with E-state index in [0.29, 0.717) is 11.3 Å². The summed E-state index contributed by atoms with van der Waals surface area (Å²) in [4.78, 5) is 22.7. The van der Waals surface area contributed by atoms with Crippen LogP contribution in [-0.2, 0) is 6.42 Å². The summed E-state index contributed by atoms with van der Waals surface area (Å²) in [6.07, 6.45) is 2.89. The molecule has 6 nitrogen and oxygen atoms in total. The third kappa shape index (κ3) is 4.10. The first-order valence-electron chi connectivity index (χ1n) is 7.80. The first-order valence-corrected chi connectivity index (χ1v) is 7.80. The summed E-state index contributed by atoms with van der Waals surface area (Å²) >= 11 is 0. The Morgan fingerprint density at radius 2 is 2.00 bits per heavy atom. The lowest BCUT2D eigenvalue weighted by Gasteiger charge is -2.11. The van der Waals surface area contributed by atoms with E-state index in [1.54, 1.807) is 19.1 Å². The quantitative estimate of drug-likeness (QED) is 0.614. The molecule has 2 aromatic carbocycles. The molecule has 2 N–H and O–H groups in total. The average molecular weight is 328 g/mol. The summed E-state index contributed by atoms with van der Waals surface area (Å²) in [6, 6.07) is 9.22. The molecule has 0 unspecified atom stereocenters. The number of nitro groups is 1. The molecule has 0 heterocycles. The topological polar surface area (TPSA) is 92.5 Å². The molecule has 0 bridgehead atoms. The highest BCUT2D eigenvalue weighted by atomic mass is 16.6. The number of aryl methyl sites for hydroxylation is 2. The highest BCUT2D eigenvalue weighted by Crippen LogP contribution is 2.24. The minimum atomic E-state index is -0.484. The second-order valence-corrected chi connectivity index (χ2v) is 5.67. The predicted molar refractivity (Wildman–Crippen MR) is 92.5 cm³/mol. The van der Waals surface area contributed by atoms with Crippen LogP contribution >= 0.6 is 0 Å². The first kappa shape index (κ1) is 17.5. The molecule has 0 aromatic heterocycles. The van der Waals surface area contributed by atoms with E-state index in [0.717, 1.165) is 24.8 Å². The Morgan fingerprint density at radius 1 is 1.25 bits per heavy atom. The summed E-state index contributed by atoms with van der Waals surface area (Å²) < 4.78 is 0. The number of phenolic OH excluding ortho intramolecular Hbond substituents is 1. The summed E-state index contributed by atoms with van der Waals surface area (Å²) in [5.41, 5.74) is 2.21. The van der Waals surface area contributed by atoms with Crippen molar-refractivity contribution < 1.29 is 14.8 Å². The highest BCUT2D eigenvalue weighted by molar-refractivity contribution is 6.06. The number of nitro benzene ring substituents is 1. The number of non-ortho nitro benzene ring substituents is 1. The minimum absolute atomic E-state index is 0.0325.